The Bertz CT molecular complexity index is 182. The lowest BCUT2D eigenvalue weighted by atomic mass is 10.5. The van der Waals surface area contributed by atoms with E-state index in [1.807, 2.05) is 0 Å². The molecule has 1 unspecified atom stereocenters. The third kappa shape index (κ3) is 5.88. The van der Waals surface area contributed by atoms with E-state index in [1.165, 1.54) is 6.92 Å². The molecule has 0 aliphatic carbocycles. The molecule has 0 aromatic carbocycles. The standard InChI is InChI=1S/C6H11N2O4P/c1-5(2)11-8(13(9)10)12-6(3)4-7/h5-6H,1-3H3/q-2. The van der Waals surface area contributed by atoms with Crippen molar-refractivity contribution in [2.75, 3.05) is 0 Å². The van der Waals surface area contributed by atoms with Crippen LogP contribution in [0.25, 0.3) is 0 Å². The van der Waals surface area contributed by atoms with Crippen LogP contribution in [0.4, 0.5) is 0 Å². The lowest BCUT2D eigenvalue weighted by Gasteiger charge is -2.40. The molecule has 0 fully saturated rings. The highest BCUT2D eigenvalue weighted by Crippen LogP contribution is 2.23. The molecule has 0 aliphatic heterocycles. The van der Waals surface area contributed by atoms with Gasteiger partial charge in [0.25, 0.3) is 0 Å². The molecule has 0 N–H and O–H groups in total. The van der Waals surface area contributed by atoms with Crippen molar-refractivity contribution in [1.82, 2.24) is 5.00 Å². The number of hydrogen-bond donors (Lipinski definition) is 0. The van der Waals surface area contributed by atoms with Crippen molar-refractivity contribution in [1.29, 1.82) is 5.26 Å². The van der Waals surface area contributed by atoms with E-state index in [-0.39, 0.29) is 6.10 Å². The van der Waals surface area contributed by atoms with E-state index in [2.05, 4.69) is 4.84 Å². The molecule has 6 nitrogen and oxygen atoms in total. The Morgan fingerprint density at radius 1 is 1.31 bits per heavy atom. The number of rotatable bonds is 5. The van der Waals surface area contributed by atoms with E-state index in [0.29, 0.717) is 5.00 Å². The van der Waals surface area contributed by atoms with Crippen LogP contribution in [0.5, 0.6) is 0 Å². The lowest BCUT2D eigenvalue weighted by molar-refractivity contribution is -0.406. The highest BCUT2D eigenvalue weighted by Gasteiger charge is 2.09. The second-order valence-electron chi connectivity index (χ2n) is 2.51. The third-order valence-corrected chi connectivity index (χ3v) is 1.32. The molecule has 1 atom stereocenters. The van der Waals surface area contributed by atoms with Gasteiger partial charge in [-0.2, -0.15) is 13.8 Å². The summed E-state index contributed by atoms with van der Waals surface area (Å²) in [5.41, 5.74) is 0. The SMILES string of the molecule is CC(C)ON(OC(C)C#N)P([O-])[O-]. The van der Waals surface area contributed by atoms with Crippen molar-refractivity contribution in [2.24, 2.45) is 0 Å². The maximum atomic E-state index is 10.5. The molecule has 0 heterocycles. The molecule has 13 heavy (non-hydrogen) atoms. The molecular weight excluding hydrogens is 195 g/mol. The van der Waals surface area contributed by atoms with Gasteiger partial charge in [-0.05, 0) is 20.8 Å². The molecule has 0 amide bonds. The maximum Gasteiger partial charge on any atom is 0.165 e. The summed E-state index contributed by atoms with van der Waals surface area (Å²) < 4.78 is 0. The summed E-state index contributed by atoms with van der Waals surface area (Å²) in [4.78, 5) is 30.7. The predicted octanol–water partition coefficient (Wildman–Crippen LogP) is -0.580. The average Bonchev–Trinajstić information content (AvgIpc) is 2.02. The van der Waals surface area contributed by atoms with Crippen LogP contribution < -0.4 is 9.79 Å². The first-order valence-electron chi connectivity index (χ1n) is 3.65. The van der Waals surface area contributed by atoms with E-state index in [4.69, 9.17) is 10.1 Å². The van der Waals surface area contributed by atoms with Gasteiger partial charge in [0.1, 0.15) is 0 Å². The molecule has 0 aromatic heterocycles. The Balaban J connectivity index is 4.04. The largest absolute Gasteiger partial charge is 0.826 e. The average molecular weight is 206 g/mol. The van der Waals surface area contributed by atoms with Gasteiger partial charge in [-0.1, -0.05) is 5.00 Å². The Kier molecular flexibility index (Phi) is 6.08. The van der Waals surface area contributed by atoms with Gasteiger partial charge in [-0.25, -0.2) is 0 Å². The van der Waals surface area contributed by atoms with E-state index in [9.17, 15) is 9.79 Å². The van der Waals surface area contributed by atoms with Crippen LogP contribution in [0, 0.1) is 11.3 Å². The zero-order valence-electron chi connectivity index (χ0n) is 7.63. The molecule has 0 rings (SSSR count). The summed E-state index contributed by atoms with van der Waals surface area (Å²) in [5, 5.41) is 8.35. The maximum absolute atomic E-state index is 10.5. The second-order valence-corrected chi connectivity index (χ2v) is 3.31. The second kappa shape index (κ2) is 6.22. The van der Waals surface area contributed by atoms with Gasteiger partial charge in [-0.15, -0.1) is 0 Å². The predicted molar refractivity (Wildman–Crippen MR) is 41.1 cm³/mol. The molecule has 0 aromatic rings. The van der Waals surface area contributed by atoms with E-state index >= 15 is 0 Å². The molecule has 0 saturated carbocycles. The highest BCUT2D eigenvalue weighted by molar-refractivity contribution is 7.38. The van der Waals surface area contributed by atoms with Crippen molar-refractivity contribution in [3.8, 4) is 6.07 Å². The minimum atomic E-state index is -3.00. The Morgan fingerprint density at radius 2 is 1.85 bits per heavy atom. The summed E-state index contributed by atoms with van der Waals surface area (Å²) in [6, 6.07) is 1.71. The Morgan fingerprint density at radius 3 is 2.15 bits per heavy atom. The zero-order valence-corrected chi connectivity index (χ0v) is 8.52. The van der Waals surface area contributed by atoms with E-state index < -0.39 is 14.6 Å². The smallest absolute Gasteiger partial charge is 0.165 e. The molecule has 0 spiro atoms. The van der Waals surface area contributed by atoms with Gasteiger partial charge < -0.3 is 9.79 Å². The van der Waals surface area contributed by atoms with E-state index in [0.717, 1.165) is 0 Å². The number of hydrogen-bond acceptors (Lipinski definition) is 6. The van der Waals surface area contributed by atoms with Gasteiger partial charge in [0.2, 0.25) is 0 Å². The molecular formula is C6H11N2O4P-2. The lowest BCUT2D eigenvalue weighted by Crippen LogP contribution is -2.34. The van der Waals surface area contributed by atoms with Gasteiger partial charge in [0.15, 0.2) is 6.10 Å². The molecule has 76 valence electrons. The van der Waals surface area contributed by atoms with Crippen molar-refractivity contribution in [3.05, 3.63) is 0 Å². The first kappa shape index (κ1) is 12.7. The van der Waals surface area contributed by atoms with Crippen molar-refractivity contribution >= 4 is 8.53 Å². The monoisotopic (exact) mass is 206 g/mol. The molecule has 0 radical (unpaired) electrons. The van der Waals surface area contributed by atoms with Gasteiger partial charge >= 0.3 is 0 Å². The number of nitrogens with zero attached hydrogens (tertiary/aromatic N) is 2. The minimum absolute atomic E-state index is 0.327. The van der Waals surface area contributed by atoms with Crippen LogP contribution >= 0.6 is 8.53 Å². The fourth-order valence-electron chi connectivity index (χ4n) is 0.441. The summed E-state index contributed by atoms with van der Waals surface area (Å²) in [7, 11) is -3.00. The summed E-state index contributed by atoms with van der Waals surface area (Å²) >= 11 is 0. The topological polar surface area (TPSA) is 91.6 Å². The first-order chi connectivity index (χ1) is 5.97. The summed E-state index contributed by atoms with van der Waals surface area (Å²) in [6.07, 6.45) is -1.20. The van der Waals surface area contributed by atoms with E-state index in [1.54, 1.807) is 19.9 Å². The minimum Gasteiger partial charge on any atom is -0.826 e. The third-order valence-electron chi connectivity index (χ3n) is 0.864. The number of nitriles is 1. The quantitative estimate of drug-likeness (QED) is 0.441. The molecule has 0 saturated heterocycles. The summed E-state index contributed by atoms with van der Waals surface area (Å²) in [6.45, 7) is 4.70. The van der Waals surface area contributed by atoms with Crippen molar-refractivity contribution in [2.45, 2.75) is 33.0 Å². The first-order valence-corrected chi connectivity index (χ1v) is 4.78. The highest BCUT2D eigenvalue weighted by atomic mass is 31.2. The van der Waals surface area contributed by atoms with Crippen molar-refractivity contribution < 1.29 is 19.5 Å². The Hall–Kier alpha value is -0.280. The summed E-state index contributed by atoms with van der Waals surface area (Å²) in [5.74, 6) is 0. The van der Waals surface area contributed by atoms with Gasteiger partial charge in [0, 0.05) is 0 Å². The van der Waals surface area contributed by atoms with Crippen LogP contribution in [0.3, 0.4) is 0 Å². The van der Waals surface area contributed by atoms with Crippen LogP contribution in [-0.4, -0.2) is 17.2 Å². The molecule has 0 aliphatic rings. The fraction of sp³-hybridized carbons (Fsp3) is 0.833. The zero-order chi connectivity index (χ0) is 10.4. The Labute approximate surface area is 78.2 Å². The van der Waals surface area contributed by atoms with Gasteiger partial charge in [-0.3, -0.25) is 9.68 Å². The fourth-order valence-corrected chi connectivity index (χ4v) is 0.925. The molecule has 0 bridgehead atoms. The normalized spacial score (nSPS) is 13.8. The van der Waals surface area contributed by atoms with Crippen molar-refractivity contribution in [3.63, 3.8) is 0 Å². The van der Waals surface area contributed by atoms with Crippen LogP contribution in [-0.2, 0) is 9.68 Å². The van der Waals surface area contributed by atoms with Crippen LogP contribution in [0.15, 0.2) is 0 Å². The molecule has 7 heteroatoms. The van der Waals surface area contributed by atoms with Gasteiger partial charge in [0.05, 0.1) is 12.2 Å². The van der Waals surface area contributed by atoms with Crippen LogP contribution in [0.2, 0.25) is 0 Å². The van der Waals surface area contributed by atoms with Crippen LogP contribution in [0.1, 0.15) is 20.8 Å².